The first-order valence-electron chi connectivity index (χ1n) is 4.22. The molecule has 0 bridgehead atoms. The van der Waals surface area contributed by atoms with E-state index in [1.165, 1.54) is 4.90 Å². The molecule has 0 spiro atoms. The zero-order valence-electron chi connectivity index (χ0n) is 7.59. The van der Waals surface area contributed by atoms with Gasteiger partial charge >= 0.3 is 6.16 Å². The highest BCUT2D eigenvalue weighted by atomic mass is 19.1. The molecule has 4 heteroatoms. The number of halogens is 1. The number of nitrogens with zero attached hydrogens (tertiary/aromatic N) is 2. The summed E-state index contributed by atoms with van der Waals surface area (Å²) in [5.41, 5.74) is 0. The van der Waals surface area contributed by atoms with Crippen LogP contribution in [-0.4, -0.2) is 49.2 Å². The van der Waals surface area contributed by atoms with Crippen molar-refractivity contribution in [3.05, 3.63) is 0 Å². The Morgan fingerprint density at radius 1 is 1.42 bits per heavy atom. The number of rotatable bonds is 1. The van der Waals surface area contributed by atoms with Gasteiger partial charge in [-0.2, -0.15) is 0 Å². The van der Waals surface area contributed by atoms with Gasteiger partial charge in [-0.3, -0.25) is 0 Å². The Kier molecular flexibility index (Phi) is 3.03. The van der Waals surface area contributed by atoms with E-state index < -0.39 is 6.16 Å². The Morgan fingerprint density at radius 2 is 1.92 bits per heavy atom. The SMILES string of the molecule is CN(C)C1CCN(C(=O)F)CC1. The molecule has 1 aliphatic heterocycles. The van der Waals surface area contributed by atoms with Crippen LogP contribution >= 0.6 is 0 Å². The highest BCUT2D eigenvalue weighted by Gasteiger charge is 2.23. The maximum Gasteiger partial charge on any atom is 0.400 e. The molecule has 0 atom stereocenters. The number of carbonyl (C=O) groups excluding carboxylic acids is 1. The predicted molar refractivity (Wildman–Crippen MR) is 44.8 cm³/mol. The molecule has 0 aromatic carbocycles. The van der Waals surface area contributed by atoms with Crippen LogP contribution in [0.25, 0.3) is 0 Å². The molecule has 1 fully saturated rings. The zero-order chi connectivity index (χ0) is 9.14. The van der Waals surface area contributed by atoms with Gasteiger partial charge in [-0.05, 0) is 26.9 Å². The molecular weight excluding hydrogens is 159 g/mol. The lowest BCUT2D eigenvalue weighted by atomic mass is 10.1. The van der Waals surface area contributed by atoms with Crippen LogP contribution < -0.4 is 0 Å². The van der Waals surface area contributed by atoms with Crippen LogP contribution in [0.5, 0.6) is 0 Å². The van der Waals surface area contributed by atoms with Gasteiger partial charge in [-0.15, -0.1) is 4.39 Å². The largest absolute Gasteiger partial charge is 0.400 e. The molecule has 1 amide bonds. The van der Waals surface area contributed by atoms with Crippen LogP contribution in [-0.2, 0) is 0 Å². The van der Waals surface area contributed by atoms with Gasteiger partial charge in [0.05, 0.1) is 0 Å². The second-order valence-corrected chi connectivity index (χ2v) is 3.43. The van der Waals surface area contributed by atoms with E-state index in [4.69, 9.17) is 0 Å². The monoisotopic (exact) mass is 174 g/mol. The third-order valence-electron chi connectivity index (χ3n) is 2.44. The normalized spacial score (nSPS) is 20.2. The highest BCUT2D eigenvalue weighted by molar-refractivity contribution is 5.66. The molecule has 12 heavy (non-hydrogen) atoms. The predicted octanol–water partition coefficient (Wildman–Crippen LogP) is 1.10. The molecule has 0 aliphatic carbocycles. The topological polar surface area (TPSA) is 23.6 Å². The van der Waals surface area contributed by atoms with Crippen molar-refractivity contribution >= 4 is 6.16 Å². The minimum Gasteiger partial charge on any atom is -0.315 e. The molecule has 1 rings (SSSR count). The summed E-state index contributed by atoms with van der Waals surface area (Å²) in [6.07, 6.45) is 0.470. The maximum absolute atomic E-state index is 12.2. The molecule has 1 aliphatic rings. The van der Waals surface area contributed by atoms with Gasteiger partial charge in [0.1, 0.15) is 0 Å². The molecule has 0 radical (unpaired) electrons. The fourth-order valence-corrected chi connectivity index (χ4v) is 1.56. The van der Waals surface area contributed by atoms with Crippen molar-refractivity contribution in [3.8, 4) is 0 Å². The average molecular weight is 174 g/mol. The van der Waals surface area contributed by atoms with Crippen molar-refractivity contribution in [1.82, 2.24) is 9.80 Å². The number of likely N-dealkylation sites (tertiary alicyclic amines) is 1. The molecule has 0 aromatic heterocycles. The number of carbonyl (C=O) groups is 1. The van der Waals surface area contributed by atoms with Crippen molar-refractivity contribution in [3.63, 3.8) is 0 Å². The summed E-state index contributed by atoms with van der Waals surface area (Å²) < 4.78 is 12.2. The van der Waals surface area contributed by atoms with Crippen molar-refractivity contribution in [1.29, 1.82) is 0 Å². The van der Waals surface area contributed by atoms with E-state index in [-0.39, 0.29) is 0 Å². The summed E-state index contributed by atoms with van der Waals surface area (Å²) in [6.45, 7) is 1.11. The smallest absolute Gasteiger partial charge is 0.315 e. The number of piperidine rings is 1. The summed E-state index contributed by atoms with van der Waals surface area (Å²) in [7, 11) is 4.02. The Morgan fingerprint density at radius 3 is 2.25 bits per heavy atom. The summed E-state index contributed by atoms with van der Waals surface area (Å²) >= 11 is 0. The maximum atomic E-state index is 12.2. The number of amides is 1. The summed E-state index contributed by atoms with van der Waals surface area (Å²) in [5.74, 6) is 0. The molecule has 0 unspecified atom stereocenters. The van der Waals surface area contributed by atoms with E-state index in [1.54, 1.807) is 0 Å². The molecular formula is C8H15FN2O. The van der Waals surface area contributed by atoms with E-state index in [0.29, 0.717) is 19.1 Å². The highest BCUT2D eigenvalue weighted by Crippen LogP contribution is 2.14. The molecule has 3 nitrogen and oxygen atoms in total. The molecule has 0 aromatic rings. The van der Waals surface area contributed by atoms with Crippen LogP contribution in [0.4, 0.5) is 9.18 Å². The first-order chi connectivity index (χ1) is 5.61. The van der Waals surface area contributed by atoms with Gasteiger partial charge in [0.15, 0.2) is 0 Å². The third kappa shape index (κ3) is 2.17. The summed E-state index contributed by atoms with van der Waals surface area (Å²) in [5, 5.41) is 0. The Bertz CT molecular complexity index is 164. The van der Waals surface area contributed by atoms with Crippen LogP contribution in [0.15, 0.2) is 0 Å². The van der Waals surface area contributed by atoms with Gasteiger partial charge in [0.2, 0.25) is 0 Å². The second kappa shape index (κ2) is 3.85. The van der Waals surface area contributed by atoms with Crippen LogP contribution in [0, 0.1) is 0 Å². The average Bonchev–Trinajstić information content (AvgIpc) is 2.04. The Hall–Kier alpha value is -0.640. The standard InChI is InChI=1S/C8H15FN2O/c1-10(2)7-3-5-11(6-4-7)8(9)12/h7H,3-6H2,1-2H3. The Balaban J connectivity index is 2.34. The lowest BCUT2D eigenvalue weighted by molar-refractivity contribution is 0.133. The van der Waals surface area contributed by atoms with Crippen molar-refractivity contribution in [2.75, 3.05) is 27.2 Å². The number of hydrogen-bond acceptors (Lipinski definition) is 2. The van der Waals surface area contributed by atoms with E-state index >= 15 is 0 Å². The second-order valence-electron chi connectivity index (χ2n) is 3.43. The lowest BCUT2D eigenvalue weighted by Crippen LogP contribution is -2.42. The van der Waals surface area contributed by atoms with E-state index in [2.05, 4.69) is 4.90 Å². The number of hydrogen-bond donors (Lipinski definition) is 0. The van der Waals surface area contributed by atoms with Gasteiger partial charge in [-0.25, -0.2) is 4.79 Å². The third-order valence-corrected chi connectivity index (χ3v) is 2.44. The lowest BCUT2D eigenvalue weighted by Gasteiger charge is -2.33. The molecule has 0 saturated carbocycles. The minimum absolute atomic E-state index is 0.501. The molecule has 1 heterocycles. The van der Waals surface area contributed by atoms with E-state index in [1.807, 2.05) is 14.1 Å². The summed E-state index contributed by atoms with van der Waals surface area (Å²) in [6, 6.07) is 0.501. The van der Waals surface area contributed by atoms with E-state index in [0.717, 1.165) is 12.8 Å². The van der Waals surface area contributed by atoms with E-state index in [9.17, 15) is 9.18 Å². The van der Waals surface area contributed by atoms with Gasteiger partial charge in [-0.1, -0.05) is 0 Å². The van der Waals surface area contributed by atoms with Crippen molar-refractivity contribution in [2.45, 2.75) is 18.9 Å². The first-order valence-corrected chi connectivity index (χ1v) is 4.22. The van der Waals surface area contributed by atoms with Gasteiger partial charge < -0.3 is 9.80 Å². The zero-order valence-corrected chi connectivity index (χ0v) is 7.59. The van der Waals surface area contributed by atoms with Crippen molar-refractivity contribution < 1.29 is 9.18 Å². The van der Waals surface area contributed by atoms with Crippen LogP contribution in [0.2, 0.25) is 0 Å². The Labute approximate surface area is 72.1 Å². The van der Waals surface area contributed by atoms with Crippen LogP contribution in [0.3, 0.4) is 0 Å². The first kappa shape index (κ1) is 9.45. The quantitative estimate of drug-likeness (QED) is 0.439. The molecule has 0 N–H and O–H groups in total. The fourth-order valence-electron chi connectivity index (χ4n) is 1.56. The summed E-state index contributed by atoms with van der Waals surface area (Å²) in [4.78, 5) is 13.7. The fraction of sp³-hybridized carbons (Fsp3) is 0.875. The van der Waals surface area contributed by atoms with Crippen LogP contribution in [0.1, 0.15) is 12.8 Å². The van der Waals surface area contributed by atoms with Gasteiger partial charge in [0.25, 0.3) is 0 Å². The van der Waals surface area contributed by atoms with Gasteiger partial charge in [0, 0.05) is 19.1 Å². The van der Waals surface area contributed by atoms with Crippen molar-refractivity contribution in [2.24, 2.45) is 0 Å². The minimum atomic E-state index is -1.28. The molecule has 70 valence electrons. The molecule has 1 saturated heterocycles.